The Kier molecular flexibility index (Phi) is 2.66. The Morgan fingerprint density at radius 3 is 2.00 bits per heavy atom. The van der Waals surface area contributed by atoms with Gasteiger partial charge in [0.1, 0.15) is 6.04 Å². The van der Waals surface area contributed by atoms with E-state index in [2.05, 4.69) is 0 Å². The lowest BCUT2D eigenvalue weighted by Crippen LogP contribution is -2.24. The first-order chi connectivity index (χ1) is 4.04. The molecule has 0 rings (SSSR count). The zero-order chi connectivity index (χ0) is 7.44. The van der Waals surface area contributed by atoms with Gasteiger partial charge < -0.3 is 10.2 Å². The quantitative estimate of drug-likeness (QED) is 0.525. The molecule has 3 N–H and O–H groups in total. The van der Waals surface area contributed by atoms with Crippen LogP contribution in [0.1, 0.15) is 6.42 Å². The monoisotopic (exact) mass is 132 g/mol. The molecule has 0 fully saturated rings. The molecule has 5 heteroatoms. The molecule has 0 heterocycles. The number of hydrogen-bond acceptors (Lipinski definition) is 2. The molecule has 0 bridgehead atoms. The van der Waals surface area contributed by atoms with Crippen LogP contribution in [0.3, 0.4) is 0 Å². The number of carbonyl (C=O) groups is 2. The van der Waals surface area contributed by atoms with E-state index in [0.29, 0.717) is 0 Å². The SMILES string of the molecule is [NH][C@@H](CC(=O)O)C(=O)O. The number of carboxylic acids is 2. The highest BCUT2D eigenvalue weighted by Gasteiger charge is 2.15. The summed E-state index contributed by atoms with van der Waals surface area (Å²) in [6.07, 6.45) is -0.644. The van der Waals surface area contributed by atoms with Crippen LogP contribution in [0.5, 0.6) is 0 Å². The molecule has 1 radical (unpaired) electrons. The predicted molar refractivity (Wildman–Crippen MR) is 26.8 cm³/mol. The van der Waals surface area contributed by atoms with Gasteiger partial charge in [-0.3, -0.25) is 9.59 Å². The number of hydrogen-bond donors (Lipinski definition) is 2. The lowest BCUT2D eigenvalue weighted by atomic mass is 10.2. The Hall–Kier alpha value is -1.10. The highest BCUT2D eigenvalue weighted by atomic mass is 16.4. The topological polar surface area (TPSA) is 98.4 Å². The molecular formula is C4H6NO4. The van der Waals surface area contributed by atoms with Gasteiger partial charge in [-0.2, -0.15) is 0 Å². The first-order valence-corrected chi connectivity index (χ1v) is 2.19. The van der Waals surface area contributed by atoms with Crippen molar-refractivity contribution in [2.45, 2.75) is 12.5 Å². The standard InChI is InChI=1S/C4H6NO4/c5-2(4(8)9)1-3(6)7/h2,5H,1H2,(H,6,7)(H,8,9)/t2-/m0/s1. The minimum atomic E-state index is -1.54. The van der Waals surface area contributed by atoms with Crippen molar-refractivity contribution < 1.29 is 19.8 Å². The molecule has 9 heavy (non-hydrogen) atoms. The van der Waals surface area contributed by atoms with E-state index in [1.807, 2.05) is 0 Å². The zero-order valence-electron chi connectivity index (χ0n) is 4.50. The third-order valence-corrected chi connectivity index (χ3v) is 0.677. The van der Waals surface area contributed by atoms with Crippen LogP contribution in [-0.4, -0.2) is 28.2 Å². The van der Waals surface area contributed by atoms with Crippen molar-refractivity contribution >= 4 is 11.9 Å². The molecule has 0 aromatic carbocycles. The van der Waals surface area contributed by atoms with Crippen LogP contribution in [0.4, 0.5) is 0 Å². The van der Waals surface area contributed by atoms with E-state index < -0.39 is 24.4 Å². The van der Waals surface area contributed by atoms with Gasteiger partial charge in [-0.25, -0.2) is 5.73 Å². The fraction of sp³-hybridized carbons (Fsp3) is 0.500. The Balaban J connectivity index is 3.63. The fourth-order valence-corrected chi connectivity index (χ4v) is 0.262. The summed E-state index contributed by atoms with van der Waals surface area (Å²) in [7, 11) is 0. The maximum absolute atomic E-state index is 9.78. The Morgan fingerprint density at radius 1 is 1.44 bits per heavy atom. The Morgan fingerprint density at radius 2 is 1.89 bits per heavy atom. The second-order valence-electron chi connectivity index (χ2n) is 1.49. The summed E-state index contributed by atoms with van der Waals surface area (Å²) in [6, 6.07) is -1.54. The summed E-state index contributed by atoms with van der Waals surface area (Å²) in [5, 5.41) is 15.9. The number of aliphatic carboxylic acids is 2. The average molecular weight is 132 g/mol. The van der Waals surface area contributed by atoms with Crippen LogP contribution in [-0.2, 0) is 9.59 Å². The van der Waals surface area contributed by atoms with Gasteiger partial charge in [-0.15, -0.1) is 0 Å². The van der Waals surface area contributed by atoms with E-state index in [-0.39, 0.29) is 0 Å². The van der Waals surface area contributed by atoms with Crippen molar-refractivity contribution in [2.75, 3.05) is 0 Å². The van der Waals surface area contributed by atoms with Crippen LogP contribution < -0.4 is 5.73 Å². The molecule has 0 aromatic heterocycles. The van der Waals surface area contributed by atoms with E-state index >= 15 is 0 Å². The first-order valence-electron chi connectivity index (χ1n) is 2.19. The third-order valence-electron chi connectivity index (χ3n) is 0.677. The molecule has 0 spiro atoms. The van der Waals surface area contributed by atoms with E-state index in [1.54, 1.807) is 0 Å². The first kappa shape index (κ1) is 7.90. The number of rotatable bonds is 3. The summed E-state index contributed by atoms with van der Waals surface area (Å²) >= 11 is 0. The van der Waals surface area contributed by atoms with Crippen molar-refractivity contribution in [1.82, 2.24) is 5.73 Å². The lowest BCUT2D eigenvalue weighted by Gasteiger charge is -1.97. The molecule has 5 nitrogen and oxygen atoms in total. The van der Waals surface area contributed by atoms with E-state index in [1.165, 1.54) is 0 Å². The van der Waals surface area contributed by atoms with Crippen LogP contribution in [0.25, 0.3) is 0 Å². The highest BCUT2D eigenvalue weighted by molar-refractivity contribution is 5.80. The van der Waals surface area contributed by atoms with Crippen LogP contribution in [0.15, 0.2) is 0 Å². The molecule has 51 valence electrons. The molecule has 1 atom stereocenters. The normalized spacial score (nSPS) is 12.6. The van der Waals surface area contributed by atoms with Gasteiger partial charge in [-0.05, 0) is 0 Å². The van der Waals surface area contributed by atoms with Crippen molar-refractivity contribution in [3.8, 4) is 0 Å². The van der Waals surface area contributed by atoms with Gasteiger partial charge in [0, 0.05) is 0 Å². The minimum Gasteiger partial charge on any atom is -0.481 e. The minimum absolute atomic E-state index is 0.644. The number of carboxylic acid groups (broad SMARTS) is 2. The van der Waals surface area contributed by atoms with Gasteiger partial charge in [-0.1, -0.05) is 0 Å². The summed E-state index contributed by atoms with van der Waals surface area (Å²) in [6.45, 7) is 0. The van der Waals surface area contributed by atoms with E-state index in [4.69, 9.17) is 15.9 Å². The number of nitrogens with one attached hydrogen (secondary N) is 1. The van der Waals surface area contributed by atoms with Crippen molar-refractivity contribution in [3.63, 3.8) is 0 Å². The summed E-state index contributed by atoms with van der Waals surface area (Å²) in [4.78, 5) is 19.5. The van der Waals surface area contributed by atoms with Crippen LogP contribution >= 0.6 is 0 Å². The molecule has 0 aromatic rings. The van der Waals surface area contributed by atoms with Crippen molar-refractivity contribution in [2.24, 2.45) is 0 Å². The van der Waals surface area contributed by atoms with Gasteiger partial charge in [0.15, 0.2) is 0 Å². The second-order valence-corrected chi connectivity index (χ2v) is 1.49. The predicted octanol–water partition coefficient (Wildman–Crippen LogP) is -0.803. The molecular weight excluding hydrogens is 126 g/mol. The van der Waals surface area contributed by atoms with E-state index in [9.17, 15) is 9.59 Å². The maximum atomic E-state index is 9.78. The highest BCUT2D eigenvalue weighted by Crippen LogP contribution is 1.88. The fourth-order valence-electron chi connectivity index (χ4n) is 0.262. The smallest absolute Gasteiger partial charge is 0.322 e. The van der Waals surface area contributed by atoms with Crippen molar-refractivity contribution in [3.05, 3.63) is 0 Å². The van der Waals surface area contributed by atoms with Gasteiger partial charge in [0.2, 0.25) is 0 Å². The Labute approximate surface area is 51.1 Å². The second kappa shape index (κ2) is 3.03. The van der Waals surface area contributed by atoms with Crippen LogP contribution in [0.2, 0.25) is 0 Å². The summed E-state index contributed by atoms with van der Waals surface area (Å²) in [5.74, 6) is -2.67. The summed E-state index contributed by atoms with van der Waals surface area (Å²) in [5.41, 5.74) is 6.58. The van der Waals surface area contributed by atoms with Gasteiger partial charge in [0.05, 0.1) is 6.42 Å². The largest absolute Gasteiger partial charge is 0.481 e. The van der Waals surface area contributed by atoms with Gasteiger partial charge in [0.25, 0.3) is 0 Å². The van der Waals surface area contributed by atoms with Gasteiger partial charge >= 0.3 is 11.9 Å². The van der Waals surface area contributed by atoms with Crippen molar-refractivity contribution in [1.29, 1.82) is 0 Å². The molecule has 0 unspecified atom stereocenters. The molecule has 0 aliphatic rings. The Bertz CT molecular complexity index is 133. The maximum Gasteiger partial charge on any atom is 0.322 e. The molecule has 0 amide bonds. The zero-order valence-corrected chi connectivity index (χ0v) is 4.50. The molecule has 0 saturated heterocycles. The molecule has 0 saturated carbocycles. The average Bonchev–Trinajstić information content (AvgIpc) is 1.63. The third kappa shape index (κ3) is 3.48. The van der Waals surface area contributed by atoms with E-state index in [0.717, 1.165) is 0 Å². The molecule has 0 aliphatic heterocycles. The summed E-state index contributed by atoms with van der Waals surface area (Å²) < 4.78 is 0. The van der Waals surface area contributed by atoms with Crippen LogP contribution in [0, 0.1) is 0 Å². The molecule has 0 aliphatic carbocycles. The lowest BCUT2D eigenvalue weighted by molar-refractivity contribution is -0.145.